The molecule has 1 aliphatic carbocycles. The monoisotopic (exact) mass is 598 g/mol. The fraction of sp³-hybridized carbons (Fsp3) is 0.533. The Kier molecular flexibility index (Phi) is 11.0. The maximum atomic E-state index is 13.3. The van der Waals surface area contributed by atoms with E-state index in [-0.39, 0.29) is 29.2 Å². The molecule has 11 heteroatoms. The van der Waals surface area contributed by atoms with Gasteiger partial charge >= 0.3 is 0 Å². The number of hydrogen-bond acceptors (Lipinski definition) is 6. The Morgan fingerprint density at radius 2 is 2.15 bits per heavy atom. The Labute approximate surface area is 247 Å². The van der Waals surface area contributed by atoms with Gasteiger partial charge in [0.15, 0.2) is 0 Å². The molecule has 1 fully saturated rings. The summed E-state index contributed by atoms with van der Waals surface area (Å²) in [6.07, 6.45) is 10.7. The number of aryl methyl sites for hydroxylation is 2. The van der Waals surface area contributed by atoms with Crippen molar-refractivity contribution in [1.29, 1.82) is 0 Å². The first-order valence-corrected chi connectivity index (χ1v) is 15.6. The van der Waals surface area contributed by atoms with Crippen LogP contribution >= 0.6 is 18.5 Å². The molecule has 0 radical (unpaired) electrons. The van der Waals surface area contributed by atoms with Gasteiger partial charge in [0.25, 0.3) is 5.91 Å². The van der Waals surface area contributed by atoms with Crippen LogP contribution in [0.3, 0.4) is 0 Å². The number of anilines is 1. The van der Waals surface area contributed by atoms with Crippen molar-refractivity contribution in [3.8, 4) is 5.75 Å². The molecule has 0 saturated heterocycles. The molecule has 222 valence electrons. The van der Waals surface area contributed by atoms with Gasteiger partial charge < -0.3 is 21.1 Å². The van der Waals surface area contributed by atoms with Crippen molar-refractivity contribution in [2.24, 2.45) is 16.6 Å². The molecule has 9 nitrogen and oxygen atoms in total. The van der Waals surface area contributed by atoms with E-state index < -0.39 is 0 Å². The molecular formula is C30H44N6O3P2. The summed E-state index contributed by atoms with van der Waals surface area (Å²) in [5.41, 5.74) is 8.62. The number of nitrogens with two attached hydrogens (primary N) is 1. The molecule has 1 aromatic heterocycles. The number of carbonyl (C=O) groups excluding carboxylic acids is 2. The zero-order valence-corrected chi connectivity index (χ0v) is 26.5. The van der Waals surface area contributed by atoms with Crippen LogP contribution in [0.5, 0.6) is 5.75 Å². The summed E-state index contributed by atoms with van der Waals surface area (Å²) >= 11 is 0. The van der Waals surface area contributed by atoms with Crippen molar-refractivity contribution in [2.45, 2.75) is 82.2 Å². The van der Waals surface area contributed by atoms with E-state index in [0.717, 1.165) is 43.5 Å². The minimum atomic E-state index is -0.259. The van der Waals surface area contributed by atoms with Gasteiger partial charge in [0.2, 0.25) is 5.91 Å². The summed E-state index contributed by atoms with van der Waals surface area (Å²) in [5.74, 6) is 1.59. The molecule has 3 unspecified atom stereocenters. The van der Waals surface area contributed by atoms with Crippen LogP contribution in [-0.2, 0) is 24.2 Å². The topological polar surface area (TPSA) is 124 Å². The molecule has 2 aliphatic rings. The number of rotatable bonds is 15. The number of ether oxygens (including phenoxy) is 1. The second-order valence-corrected chi connectivity index (χ2v) is 14.8. The van der Waals surface area contributed by atoms with Crippen LogP contribution in [0.2, 0.25) is 0 Å². The van der Waals surface area contributed by atoms with E-state index in [2.05, 4.69) is 53.2 Å². The van der Waals surface area contributed by atoms with Crippen LogP contribution in [0, 0.1) is 5.92 Å². The van der Waals surface area contributed by atoms with E-state index in [4.69, 9.17) is 15.6 Å². The number of aliphatic imine (C=N–C) groups is 1. The Bertz CT molecular complexity index is 1280. The van der Waals surface area contributed by atoms with Gasteiger partial charge in [0.1, 0.15) is 17.1 Å². The number of fused-ring (bicyclic) bond motifs is 1. The molecule has 1 aromatic carbocycles. The lowest BCUT2D eigenvalue weighted by atomic mass is 9.96. The third-order valence-electron chi connectivity index (χ3n) is 7.41. The summed E-state index contributed by atoms with van der Waals surface area (Å²) < 4.78 is 7.79. The van der Waals surface area contributed by atoms with Crippen molar-refractivity contribution in [2.75, 3.05) is 19.0 Å². The Morgan fingerprint density at radius 3 is 2.85 bits per heavy atom. The van der Waals surface area contributed by atoms with E-state index in [0.29, 0.717) is 42.4 Å². The molecular weight excluding hydrogens is 554 g/mol. The van der Waals surface area contributed by atoms with E-state index in [1.807, 2.05) is 12.1 Å². The number of benzene rings is 1. The first kappa shape index (κ1) is 31.2. The molecule has 4 rings (SSSR count). The predicted octanol–water partition coefficient (Wildman–Crippen LogP) is 4.47. The van der Waals surface area contributed by atoms with E-state index in [9.17, 15) is 9.59 Å². The van der Waals surface area contributed by atoms with Crippen molar-refractivity contribution in [3.05, 3.63) is 52.9 Å². The maximum absolute atomic E-state index is 13.3. The van der Waals surface area contributed by atoms with Crippen molar-refractivity contribution in [1.82, 2.24) is 15.1 Å². The van der Waals surface area contributed by atoms with Crippen molar-refractivity contribution >= 4 is 42.3 Å². The largest absolute Gasteiger partial charge is 0.494 e. The highest BCUT2D eigenvalue weighted by molar-refractivity contribution is 7.39. The van der Waals surface area contributed by atoms with Gasteiger partial charge in [-0.15, -0.1) is 18.5 Å². The second kappa shape index (κ2) is 14.4. The molecule has 41 heavy (non-hydrogen) atoms. The first-order valence-electron chi connectivity index (χ1n) is 14.5. The fourth-order valence-corrected chi connectivity index (χ4v) is 5.47. The Morgan fingerprint density at radius 1 is 1.34 bits per heavy atom. The van der Waals surface area contributed by atoms with E-state index in [1.165, 1.54) is 24.6 Å². The number of nitrogens with zero attached hydrogens (tertiary/aromatic N) is 3. The van der Waals surface area contributed by atoms with Crippen LogP contribution in [0.15, 0.2) is 41.0 Å². The second-order valence-electron chi connectivity index (χ2n) is 11.5. The minimum Gasteiger partial charge on any atom is -0.494 e. The molecule has 2 amide bonds. The van der Waals surface area contributed by atoms with Crippen LogP contribution in [0.1, 0.15) is 73.5 Å². The molecule has 1 aliphatic heterocycles. The van der Waals surface area contributed by atoms with Gasteiger partial charge in [-0.1, -0.05) is 31.9 Å². The number of nitrogens with one attached hydrogen (secondary N) is 2. The average Bonchev–Trinajstić information content (AvgIpc) is 3.69. The molecule has 3 atom stereocenters. The highest BCUT2D eigenvalue weighted by atomic mass is 31.1. The van der Waals surface area contributed by atoms with Crippen LogP contribution in [0.4, 0.5) is 5.82 Å². The zero-order chi connectivity index (χ0) is 29.4. The maximum Gasteiger partial charge on any atom is 0.257 e. The summed E-state index contributed by atoms with van der Waals surface area (Å²) in [7, 11) is 7.32. The smallest absolute Gasteiger partial charge is 0.257 e. The summed E-state index contributed by atoms with van der Waals surface area (Å²) in [5, 5.41) is 10.9. The number of amides is 2. The average molecular weight is 599 g/mol. The highest BCUT2D eigenvalue weighted by Gasteiger charge is 2.33. The summed E-state index contributed by atoms with van der Waals surface area (Å²) in [6.45, 7) is 3.52. The molecule has 1 saturated carbocycles. The van der Waals surface area contributed by atoms with Crippen LogP contribution < -0.4 is 21.1 Å². The standard InChI is InChI=1S/C30H44N6O3P2/c1-30(40,41)12-4-14-39-24-6-3-5-21(15-24)9-10-23-17-25-27(29(38)33-23)28(36(35-25)13-11-20-7-8-20)34-26(37)16-22(18-31)19-32-2/h3,5-6,15,18-20,23H,4,7-14,16-17,31,40-41H2,1-2H3,(H,33,38)(H,34,37). The number of aromatic nitrogens is 2. The molecule has 2 aromatic rings. The predicted molar refractivity (Wildman–Crippen MR) is 172 cm³/mol. The lowest BCUT2D eigenvalue weighted by Gasteiger charge is -2.23. The lowest BCUT2D eigenvalue weighted by molar-refractivity contribution is -0.115. The van der Waals surface area contributed by atoms with E-state index >= 15 is 0 Å². The Balaban J connectivity index is 1.39. The van der Waals surface area contributed by atoms with Crippen LogP contribution in [-0.4, -0.2) is 52.4 Å². The zero-order valence-electron chi connectivity index (χ0n) is 24.2. The van der Waals surface area contributed by atoms with Crippen LogP contribution in [0.25, 0.3) is 0 Å². The van der Waals surface area contributed by atoms with Gasteiger partial charge in [-0.25, -0.2) is 4.68 Å². The molecule has 0 spiro atoms. The van der Waals surface area contributed by atoms with Crippen molar-refractivity contribution in [3.63, 3.8) is 0 Å². The van der Waals surface area contributed by atoms with E-state index in [1.54, 1.807) is 17.9 Å². The summed E-state index contributed by atoms with van der Waals surface area (Å²) in [4.78, 5) is 30.3. The molecule has 2 heterocycles. The molecule has 4 N–H and O–H groups in total. The number of hydrogen-bond donors (Lipinski definition) is 3. The third-order valence-corrected chi connectivity index (χ3v) is 7.99. The SMILES string of the molecule is CN=CC(=CN)CC(=O)Nc1c2c(nn1CCC1CC1)CC(CCc1cccc(OCCCC(C)(P)P)c1)NC2=O. The lowest BCUT2D eigenvalue weighted by Crippen LogP contribution is -2.41. The normalized spacial score (nSPS) is 17.4. The van der Waals surface area contributed by atoms with Gasteiger partial charge in [-0.2, -0.15) is 5.10 Å². The van der Waals surface area contributed by atoms with Gasteiger partial charge in [-0.3, -0.25) is 14.6 Å². The third kappa shape index (κ3) is 9.65. The highest BCUT2D eigenvalue weighted by Crippen LogP contribution is 2.34. The Hall–Kier alpha value is -2.76. The number of carbonyl (C=O) groups is 2. The minimum absolute atomic E-state index is 0.0377. The van der Waals surface area contributed by atoms with Gasteiger partial charge in [-0.05, 0) is 72.4 Å². The first-order chi connectivity index (χ1) is 19.6. The molecule has 0 bridgehead atoms. The fourth-order valence-electron chi connectivity index (χ4n) is 5.06. The van der Waals surface area contributed by atoms with Gasteiger partial charge in [0, 0.05) is 32.3 Å². The quantitative estimate of drug-likeness (QED) is 0.159. The van der Waals surface area contributed by atoms with Gasteiger partial charge in [0.05, 0.1) is 18.7 Å². The summed E-state index contributed by atoms with van der Waals surface area (Å²) in [6, 6.07) is 8.16. The van der Waals surface area contributed by atoms with Crippen molar-refractivity contribution < 1.29 is 14.3 Å².